The molecule has 0 radical (unpaired) electrons. The van der Waals surface area contributed by atoms with Gasteiger partial charge >= 0.3 is 0 Å². The summed E-state index contributed by atoms with van der Waals surface area (Å²) in [5, 5.41) is 3.58. The van der Waals surface area contributed by atoms with E-state index in [0.29, 0.717) is 12.1 Å². The molecule has 1 N–H and O–H groups in total. The first-order chi connectivity index (χ1) is 8.72. The van der Waals surface area contributed by atoms with Crippen LogP contribution in [0.15, 0.2) is 24.3 Å². The van der Waals surface area contributed by atoms with Gasteiger partial charge in [-0.15, -0.1) is 0 Å². The molecular formula is C15H24N2O. The van der Waals surface area contributed by atoms with Crippen LogP contribution in [0.4, 0.5) is 0 Å². The van der Waals surface area contributed by atoms with E-state index in [-0.39, 0.29) is 0 Å². The summed E-state index contributed by atoms with van der Waals surface area (Å²) in [6.45, 7) is 1.16. The van der Waals surface area contributed by atoms with Gasteiger partial charge in [0.2, 0.25) is 0 Å². The monoisotopic (exact) mass is 248 g/mol. The zero-order valence-corrected chi connectivity index (χ0v) is 11.6. The van der Waals surface area contributed by atoms with Crippen molar-refractivity contribution in [2.24, 2.45) is 0 Å². The van der Waals surface area contributed by atoms with Crippen molar-refractivity contribution in [2.75, 3.05) is 27.7 Å². The summed E-state index contributed by atoms with van der Waals surface area (Å²) in [6.07, 6.45) is 3.74. The third-order valence-electron chi connectivity index (χ3n) is 3.79. The van der Waals surface area contributed by atoms with Gasteiger partial charge in [0.15, 0.2) is 0 Å². The lowest BCUT2D eigenvalue weighted by atomic mass is 9.96. The molecule has 1 aliphatic heterocycles. The van der Waals surface area contributed by atoms with Crippen molar-refractivity contribution in [2.45, 2.75) is 31.3 Å². The Kier molecular flexibility index (Phi) is 4.61. The average molecular weight is 248 g/mol. The smallest absolute Gasteiger partial charge is 0.123 e. The van der Waals surface area contributed by atoms with E-state index in [1.54, 1.807) is 7.11 Å². The highest BCUT2D eigenvalue weighted by Crippen LogP contribution is 2.32. The Balaban J connectivity index is 2.17. The molecule has 2 rings (SSSR count). The molecule has 1 fully saturated rings. The highest BCUT2D eigenvalue weighted by atomic mass is 16.5. The maximum atomic E-state index is 5.49. The van der Waals surface area contributed by atoms with E-state index in [2.05, 4.69) is 36.4 Å². The van der Waals surface area contributed by atoms with Gasteiger partial charge in [-0.1, -0.05) is 18.2 Å². The van der Waals surface area contributed by atoms with E-state index >= 15 is 0 Å². The van der Waals surface area contributed by atoms with E-state index < -0.39 is 0 Å². The van der Waals surface area contributed by atoms with Gasteiger partial charge in [-0.25, -0.2) is 0 Å². The lowest BCUT2D eigenvalue weighted by Crippen LogP contribution is -2.30. The number of hydrogen-bond acceptors (Lipinski definition) is 3. The molecule has 0 bridgehead atoms. The number of para-hydroxylation sites is 1. The van der Waals surface area contributed by atoms with E-state index in [1.165, 1.54) is 18.4 Å². The molecule has 0 amide bonds. The molecule has 2 unspecified atom stereocenters. The van der Waals surface area contributed by atoms with E-state index in [1.807, 2.05) is 12.1 Å². The highest BCUT2D eigenvalue weighted by Gasteiger charge is 2.24. The second-order valence-corrected chi connectivity index (χ2v) is 5.25. The van der Waals surface area contributed by atoms with Gasteiger partial charge in [0.25, 0.3) is 0 Å². The molecule has 0 spiro atoms. The van der Waals surface area contributed by atoms with Crippen LogP contribution in [0.25, 0.3) is 0 Å². The Hall–Kier alpha value is -1.06. The summed E-state index contributed by atoms with van der Waals surface area (Å²) >= 11 is 0. The predicted molar refractivity (Wildman–Crippen MR) is 75.1 cm³/mol. The van der Waals surface area contributed by atoms with Crippen molar-refractivity contribution in [3.05, 3.63) is 29.8 Å². The van der Waals surface area contributed by atoms with Crippen LogP contribution in [-0.4, -0.2) is 38.7 Å². The predicted octanol–water partition coefficient (Wildman–Crippen LogP) is 2.44. The zero-order valence-electron chi connectivity index (χ0n) is 11.6. The second kappa shape index (κ2) is 6.21. The molecule has 1 heterocycles. The van der Waals surface area contributed by atoms with E-state index in [4.69, 9.17) is 4.74 Å². The molecule has 0 aromatic heterocycles. The third-order valence-corrected chi connectivity index (χ3v) is 3.79. The van der Waals surface area contributed by atoms with Crippen molar-refractivity contribution in [3.8, 4) is 5.75 Å². The minimum absolute atomic E-state index is 0.414. The van der Waals surface area contributed by atoms with Crippen LogP contribution in [0.3, 0.4) is 0 Å². The SMILES string of the molecule is COc1ccccc1C(CC1CCCN1)N(C)C. The minimum atomic E-state index is 0.414. The number of nitrogens with one attached hydrogen (secondary N) is 1. The molecule has 1 saturated heterocycles. The van der Waals surface area contributed by atoms with Crippen LogP contribution in [0.2, 0.25) is 0 Å². The van der Waals surface area contributed by atoms with Gasteiger partial charge in [0.1, 0.15) is 5.75 Å². The molecule has 1 aromatic carbocycles. The maximum Gasteiger partial charge on any atom is 0.123 e. The number of hydrogen-bond donors (Lipinski definition) is 1. The zero-order chi connectivity index (χ0) is 13.0. The van der Waals surface area contributed by atoms with Crippen molar-refractivity contribution >= 4 is 0 Å². The molecular weight excluding hydrogens is 224 g/mol. The first-order valence-corrected chi connectivity index (χ1v) is 6.75. The fraction of sp³-hybridized carbons (Fsp3) is 0.600. The van der Waals surface area contributed by atoms with Crippen LogP contribution in [0.5, 0.6) is 5.75 Å². The van der Waals surface area contributed by atoms with Gasteiger partial charge in [-0.05, 0) is 46.0 Å². The summed E-state index contributed by atoms with van der Waals surface area (Å²) in [5.41, 5.74) is 1.29. The van der Waals surface area contributed by atoms with Crippen molar-refractivity contribution in [1.29, 1.82) is 0 Å². The summed E-state index contributed by atoms with van der Waals surface area (Å²) in [7, 11) is 6.04. The summed E-state index contributed by atoms with van der Waals surface area (Å²) in [5.74, 6) is 0.995. The van der Waals surface area contributed by atoms with Gasteiger partial charge in [-0.2, -0.15) is 0 Å². The molecule has 3 heteroatoms. The van der Waals surface area contributed by atoms with Crippen LogP contribution >= 0.6 is 0 Å². The van der Waals surface area contributed by atoms with Crippen LogP contribution in [0.1, 0.15) is 30.9 Å². The number of methoxy groups -OCH3 is 1. The second-order valence-electron chi connectivity index (χ2n) is 5.25. The lowest BCUT2D eigenvalue weighted by Gasteiger charge is -2.28. The van der Waals surface area contributed by atoms with Crippen molar-refractivity contribution in [3.63, 3.8) is 0 Å². The number of benzene rings is 1. The van der Waals surface area contributed by atoms with Gasteiger partial charge in [0.05, 0.1) is 7.11 Å². The number of nitrogens with zero attached hydrogens (tertiary/aromatic N) is 1. The van der Waals surface area contributed by atoms with Gasteiger partial charge < -0.3 is 15.0 Å². The topological polar surface area (TPSA) is 24.5 Å². The van der Waals surface area contributed by atoms with E-state index in [0.717, 1.165) is 18.7 Å². The molecule has 1 aromatic rings. The Morgan fingerprint density at radius 2 is 2.17 bits per heavy atom. The van der Waals surface area contributed by atoms with Crippen LogP contribution in [0, 0.1) is 0 Å². The normalized spacial score (nSPS) is 21.2. The Labute approximate surface area is 110 Å². The average Bonchev–Trinajstić information content (AvgIpc) is 2.88. The Bertz CT molecular complexity index is 373. The first kappa shape index (κ1) is 13.4. The van der Waals surface area contributed by atoms with E-state index in [9.17, 15) is 0 Å². The molecule has 18 heavy (non-hydrogen) atoms. The third kappa shape index (κ3) is 3.03. The minimum Gasteiger partial charge on any atom is -0.496 e. The molecule has 100 valence electrons. The fourth-order valence-electron chi connectivity index (χ4n) is 2.79. The van der Waals surface area contributed by atoms with Gasteiger partial charge in [0, 0.05) is 17.6 Å². The summed E-state index contributed by atoms with van der Waals surface area (Å²) in [6, 6.07) is 9.41. The highest BCUT2D eigenvalue weighted by molar-refractivity contribution is 5.36. The van der Waals surface area contributed by atoms with Crippen molar-refractivity contribution < 1.29 is 4.74 Å². The number of rotatable bonds is 5. The quantitative estimate of drug-likeness (QED) is 0.866. The summed E-state index contributed by atoms with van der Waals surface area (Å²) < 4.78 is 5.49. The summed E-state index contributed by atoms with van der Waals surface area (Å²) in [4.78, 5) is 2.29. The number of ether oxygens (including phenoxy) is 1. The lowest BCUT2D eigenvalue weighted by molar-refractivity contribution is 0.255. The van der Waals surface area contributed by atoms with Gasteiger partial charge in [-0.3, -0.25) is 0 Å². The maximum absolute atomic E-state index is 5.49. The largest absolute Gasteiger partial charge is 0.496 e. The Morgan fingerprint density at radius 1 is 1.39 bits per heavy atom. The standard InChI is InChI=1S/C15H24N2O/c1-17(2)14(11-12-7-6-10-16-12)13-8-4-5-9-15(13)18-3/h4-5,8-9,12,14,16H,6-7,10-11H2,1-3H3. The molecule has 2 atom stereocenters. The molecule has 0 saturated carbocycles. The molecule has 1 aliphatic rings. The van der Waals surface area contributed by atoms with Crippen LogP contribution in [-0.2, 0) is 0 Å². The Morgan fingerprint density at radius 3 is 2.78 bits per heavy atom. The van der Waals surface area contributed by atoms with Crippen LogP contribution < -0.4 is 10.1 Å². The first-order valence-electron chi connectivity index (χ1n) is 6.75. The fourth-order valence-corrected chi connectivity index (χ4v) is 2.79. The molecule has 3 nitrogen and oxygen atoms in total. The van der Waals surface area contributed by atoms with Crippen molar-refractivity contribution in [1.82, 2.24) is 10.2 Å². The molecule has 0 aliphatic carbocycles.